The summed E-state index contributed by atoms with van der Waals surface area (Å²) in [6.07, 6.45) is 25.4. The molecule has 0 radical (unpaired) electrons. The van der Waals surface area contributed by atoms with Gasteiger partial charge >= 0.3 is 0 Å². The molecule has 0 N–H and O–H groups in total. The Labute approximate surface area is 304 Å². The van der Waals surface area contributed by atoms with Crippen molar-refractivity contribution in [2.75, 3.05) is 9.80 Å². The molecule has 3 aliphatic heterocycles. The van der Waals surface area contributed by atoms with E-state index in [9.17, 15) is 0 Å². The van der Waals surface area contributed by atoms with Crippen molar-refractivity contribution in [1.82, 2.24) is 0 Å². The normalized spacial score (nSPS) is 21.2. The van der Waals surface area contributed by atoms with E-state index < -0.39 is 0 Å². The number of allylic oxidation sites excluding steroid dienone is 11. The van der Waals surface area contributed by atoms with Crippen LogP contribution in [0, 0.1) is 5.92 Å². The topological polar surface area (TPSA) is 15.7 Å². The third kappa shape index (κ3) is 3.87. The molecule has 12 rings (SSSR count). The molecule has 0 spiro atoms. The zero-order chi connectivity index (χ0) is 33.9. The molecule has 2 unspecified atom stereocenters. The second kappa shape index (κ2) is 10.8. The van der Waals surface area contributed by atoms with Gasteiger partial charge in [0, 0.05) is 41.0 Å². The predicted molar refractivity (Wildman–Crippen MR) is 216 cm³/mol. The first kappa shape index (κ1) is 28.7. The lowest BCUT2D eigenvalue weighted by atomic mass is 9.27. The Balaban J connectivity index is 1.10. The molecule has 2 atom stereocenters. The van der Waals surface area contributed by atoms with Crippen LogP contribution in [0.25, 0.3) is 16.8 Å². The molecule has 0 bridgehead atoms. The first-order chi connectivity index (χ1) is 25.8. The summed E-state index contributed by atoms with van der Waals surface area (Å²) < 4.78 is 6.53. The minimum absolute atomic E-state index is 0.176. The Kier molecular flexibility index (Phi) is 5.93. The van der Waals surface area contributed by atoms with E-state index in [1.807, 2.05) is 0 Å². The van der Waals surface area contributed by atoms with Crippen molar-refractivity contribution in [3.63, 3.8) is 0 Å². The molecule has 0 amide bonds. The van der Waals surface area contributed by atoms with Crippen LogP contribution in [0.1, 0.15) is 41.9 Å². The van der Waals surface area contributed by atoms with Crippen molar-refractivity contribution in [3.05, 3.63) is 191 Å². The van der Waals surface area contributed by atoms with Crippen LogP contribution in [0.4, 0.5) is 22.7 Å². The summed E-state index contributed by atoms with van der Waals surface area (Å²) >= 11 is 0. The molecule has 3 heterocycles. The largest absolute Gasteiger partial charge is 0.457 e. The van der Waals surface area contributed by atoms with E-state index in [1.165, 1.54) is 72.2 Å². The highest BCUT2D eigenvalue weighted by Crippen LogP contribution is 2.53. The van der Waals surface area contributed by atoms with Crippen molar-refractivity contribution in [2.45, 2.75) is 31.6 Å². The Morgan fingerprint density at radius 1 is 0.654 bits per heavy atom. The quantitative estimate of drug-likeness (QED) is 0.175. The molecule has 0 saturated heterocycles. The Bertz CT molecular complexity index is 2650. The van der Waals surface area contributed by atoms with Crippen LogP contribution in [0.5, 0.6) is 5.75 Å². The van der Waals surface area contributed by atoms with Crippen LogP contribution in [-0.4, -0.2) is 6.71 Å². The zero-order valence-electron chi connectivity index (χ0n) is 28.8. The van der Waals surface area contributed by atoms with Gasteiger partial charge in [-0.15, -0.1) is 0 Å². The highest BCUT2D eigenvalue weighted by Gasteiger charge is 2.50. The van der Waals surface area contributed by atoms with Gasteiger partial charge < -0.3 is 14.5 Å². The van der Waals surface area contributed by atoms with E-state index >= 15 is 0 Å². The van der Waals surface area contributed by atoms with E-state index in [-0.39, 0.29) is 18.5 Å². The fourth-order valence-corrected chi connectivity index (χ4v) is 10.3. The maximum Gasteiger partial charge on any atom is 0.244 e. The maximum atomic E-state index is 6.53. The summed E-state index contributed by atoms with van der Waals surface area (Å²) in [5.41, 5.74) is 17.6. The molecule has 0 aromatic heterocycles. The average Bonchev–Trinajstić information content (AvgIpc) is 3.21. The number of rotatable bonds is 2. The lowest BCUT2D eigenvalue weighted by Gasteiger charge is -2.49. The summed E-state index contributed by atoms with van der Waals surface area (Å²) in [6, 6.07) is 36.1. The Morgan fingerprint density at radius 3 is 2.48 bits per heavy atom. The van der Waals surface area contributed by atoms with Crippen LogP contribution < -0.4 is 25.5 Å². The number of anilines is 4. The molecule has 246 valence electrons. The second-order valence-electron chi connectivity index (χ2n) is 15.0. The highest BCUT2D eigenvalue weighted by molar-refractivity contribution is 6.94. The third-order valence-electron chi connectivity index (χ3n) is 12.4. The Hall–Kier alpha value is -6.00. The van der Waals surface area contributed by atoms with Crippen LogP contribution in [0.3, 0.4) is 0 Å². The van der Waals surface area contributed by atoms with Crippen molar-refractivity contribution >= 4 is 57.2 Å². The number of nitrogens with zero attached hydrogens (tertiary/aromatic N) is 2. The van der Waals surface area contributed by atoms with Gasteiger partial charge in [0.15, 0.2) is 5.75 Å². The van der Waals surface area contributed by atoms with Gasteiger partial charge in [0.25, 0.3) is 0 Å². The molecule has 3 nitrogen and oxygen atoms in total. The minimum atomic E-state index is 0.176. The molecular weight excluding hydrogens is 631 g/mol. The van der Waals surface area contributed by atoms with Crippen molar-refractivity contribution < 1.29 is 4.74 Å². The van der Waals surface area contributed by atoms with Gasteiger partial charge in [-0.05, 0) is 112 Å². The molecule has 4 heteroatoms. The SMILES string of the molecule is C1=CC2=C(N3C4=C(CCC=C4)Oc4ccccc43)C=CC3c4cccc5c4B(C(=C1)C23)c1c(ccc2c1CCC=C2)N5c1ccc2ccccc2c1. The number of fused-ring (bicyclic) bond motifs is 8. The van der Waals surface area contributed by atoms with Crippen LogP contribution in [0.15, 0.2) is 174 Å². The van der Waals surface area contributed by atoms with E-state index in [0.717, 1.165) is 48.6 Å². The standard InChI is InChI=1S/C48H35BN2O/c1-2-13-32-29-33(25-23-30(32)11-1)50-42-20-10-15-36-35-26-28-39(51-40-18-5-7-21-44(40)52-45-22-8-6-19-41(45)51)37-16-9-17-38(46(35)37)49(48(36)42)47-34-14-4-3-12-31(34)24-27-43(47)50/h1-3,5-7,9-13,15-21,23-29,35,46H,4,8,14,22H2. The van der Waals surface area contributed by atoms with Gasteiger partial charge in [0.1, 0.15) is 5.76 Å². The first-order valence-electron chi connectivity index (χ1n) is 18.8. The number of hydrogen-bond donors (Lipinski definition) is 0. The summed E-state index contributed by atoms with van der Waals surface area (Å²) in [5, 5.41) is 2.54. The Morgan fingerprint density at radius 2 is 1.50 bits per heavy atom. The fraction of sp³-hybridized carbons (Fsp3) is 0.125. The van der Waals surface area contributed by atoms with Crippen molar-refractivity contribution in [1.29, 1.82) is 0 Å². The summed E-state index contributed by atoms with van der Waals surface area (Å²) in [4.78, 5) is 5.05. The molecule has 7 aliphatic rings. The van der Waals surface area contributed by atoms with Crippen LogP contribution >= 0.6 is 0 Å². The summed E-state index contributed by atoms with van der Waals surface area (Å²) in [7, 11) is 0. The summed E-state index contributed by atoms with van der Waals surface area (Å²) in [6.45, 7) is 0.176. The van der Waals surface area contributed by atoms with Gasteiger partial charge in [-0.3, -0.25) is 0 Å². The fourth-order valence-electron chi connectivity index (χ4n) is 10.3. The van der Waals surface area contributed by atoms with E-state index in [2.05, 4.69) is 162 Å². The molecule has 5 aromatic rings. The molecule has 0 fully saturated rings. The van der Waals surface area contributed by atoms with E-state index in [4.69, 9.17) is 4.74 Å². The third-order valence-corrected chi connectivity index (χ3v) is 12.4. The van der Waals surface area contributed by atoms with E-state index in [1.54, 1.807) is 0 Å². The predicted octanol–water partition coefficient (Wildman–Crippen LogP) is 10.2. The molecule has 0 saturated carbocycles. The summed E-state index contributed by atoms with van der Waals surface area (Å²) in [5.74, 6) is 2.48. The number of benzene rings is 5. The maximum absolute atomic E-state index is 6.53. The smallest absolute Gasteiger partial charge is 0.244 e. The molecule has 52 heavy (non-hydrogen) atoms. The monoisotopic (exact) mass is 666 g/mol. The van der Waals surface area contributed by atoms with Crippen LogP contribution in [-0.2, 0) is 6.42 Å². The van der Waals surface area contributed by atoms with E-state index in [0.29, 0.717) is 0 Å². The second-order valence-corrected chi connectivity index (χ2v) is 15.0. The van der Waals surface area contributed by atoms with Gasteiger partial charge in [-0.2, -0.15) is 0 Å². The van der Waals surface area contributed by atoms with Gasteiger partial charge in [-0.25, -0.2) is 0 Å². The molecule has 4 aliphatic carbocycles. The lowest BCUT2D eigenvalue weighted by Crippen LogP contribution is -2.59. The van der Waals surface area contributed by atoms with Crippen molar-refractivity contribution in [3.8, 4) is 5.75 Å². The van der Waals surface area contributed by atoms with Crippen molar-refractivity contribution in [2.24, 2.45) is 5.92 Å². The number of para-hydroxylation sites is 2. The highest BCUT2D eigenvalue weighted by atomic mass is 16.5. The average molecular weight is 667 g/mol. The first-order valence-corrected chi connectivity index (χ1v) is 18.8. The molecular formula is C48H35BN2O. The zero-order valence-corrected chi connectivity index (χ0v) is 28.8. The number of hydrogen-bond acceptors (Lipinski definition) is 3. The van der Waals surface area contributed by atoms with Gasteiger partial charge in [-0.1, -0.05) is 109 Å². The number of ether oxygens (including phenoxy) is 1. The van der Waals surface area contributed by atoms with Gasteiger partial charge in [0.05, 0.1) is 11.4 Å². The minimum Gasteiger partial charge on any atom is -0.457 e. The lowest BCUT2D eigenvalue weighted by molar-refractivity contribution is 0.387. The van der Waals surface area contributed by atoms with Gasteiger partial charge in [0.2, 0.25) is 6.71 Å². The molecule has 5 aromatic carbocycles. The van der Waals surface area contributed by atoms with Crippen LogP contribution in [0.2, 0.25) is 0 Å².